The van der Waals surface area contributed by atoms with Gasteiger partial charge in [0.2, 0.25) is 0 Å². The number of ether oxygens (including phenoxy) is 4. The summed E-state index contributed by atoms with van der Waals surface area (Å²) in [6, 6.07) is 5.35. The van der Waals surface area contributed by atoms with Crippen LogP contribution in [0.4, 0.5) is 14.6 Å². The summed E-state index contributed by atoms with van der Waals surface area (Å²) in [5.74, 6) is -2.23. The Morgan fingerprint density at radius 3 is 2.65 bits per heavy atom. The number of aromatic amines is 1. The molecule has 2 fully saturated rings. The molecular weight excluding hydrogens is 478 g/mol. The number of H-pyrrole nitrogens is 1. The van der Waals surface area contributed by atoms with Gasteiger partial charge in [0.15, 0.2) is 11.8 Å². The lowest BCUT2D eigenvalue weighted by Crippen LogP contribution is -2.36. The molecular formula is C21H19ClF2N4O6. The molecule has 0 spiro atoms. The zero-order valence-corrected chi connectivity index (χ0v) is 18.2. The topological polar surface area (TPSA) is 128 Å². The number of carbonyl (C=O) groups is 1. The van der Waals surface area contributed by atoms with E-state index in [1.165, 1.54) is 18.2 Å². The Morgan fingerprint density at radius 2 is 1.91 bits per heavy atom. The average molecular weight is 497 g/mol. The first-order valence-corrected chi connectivity index (χ1v) is 10.7. The molecule has 10 nitrogen and oxygen atoms in total. The summed E-state index contributed by atoms with van der Waals surface area (Å²) in [4.78, 5) is 22.3. The maximum absolute atomic E-state index is 13.9. The third-order valence-electron chi connectivity index (χ3n) is 5.55. The third-order valence-corrected chi connectivity index (χ3v) is 5.83. The Bertz CT molecular complexity index is 1210. The number of carboxylic acid groups (broad SMARTS) is 1. The fraction of sp³-hybridized carbons (Fsp3) is 0.381. The van der Waals surface area contributed by atoms with Crippen LogP contribution in [-0.2, 0) is 25.5 Å². The Morgan fingerprint density at radius 1 is 1.21 bits per heavy atom. The predicted octanol–water partition coefficient (Wildman–Crippen LogP) is 2.52. The van der Waals surface area contributed by atoms with Crippen molar-refractivity contribution in [1.29, 1.82) is 0 Å². The summed E-state index contributed by atoms with van der Waals surface area (Å²) in [6.45, 7) is -0.205. The van der Waals surface area contributed by atoms with Crippen molar-refractivity contribution in [3.63, 3.8) is 0 Å². The Labute approximate surface area is 196 Å². The molecule has 4 heterocycles. The van der Waals surface area contributed by atoms with Gasteiger partial charge in [-0.1, -0.05) is 17.7 Å². The maximum atomic E-state index is 13.9. The van der Waals surface area contributed by atoms with Crippen molar-refractivity contribution < 1.29 is 37.6 Å². The summed E-state index contributed by atoms with van der Waals surface area (Å²) < 4.78 is 50.4. The van der Waals surface area contributed by atoms with Crippen molar-refractivity contribution in [2.24, 2.45) is 0 Å². The second-order valence-electron chi connectivity index (χ2n) is 7.78. The van der Waals surface area contributed by atoms with Crippen LogP contribution in [0.3, 0.4) is 0 Å². The molecule has 0 unspecified atom stereocenters. The Kier molecular flexibility index (Phi) is 6.21. The Balaban J connectivity index is 1.26. The number of imidazole rings is 1. The lowest BCUT2D eigenvalue weighted by molar-refractivity contribution is -0.146. The number of pyridine rings is 1. The van der Waals surface area contributed by atoms with Crippen LogP contribution in [0.5, 0.6) is 6.01 Å². The summed E-state index contributed by atoms with van der Waals surface area (Å²) in [5, 5.41) is 11.8. The molecule has 13 heteroatoms. The minimum atomic E-state index is -1.07. The number of fused-ring (bicyclic) bond motifs is 2. The molecule has 2 saturated heterocycles. The van der Waals surface area contributed by atoms with Crippen molar-refractivity contribution in [2.45, 2.75) is 31.0 Å². The smallest absolute Gasteiger partial charge is 0.329 e. The van der Waals surface area contributed by atoms with Gasteiger partial charge in [-0.2, -0.15) is 4.98 Å². The number of carboxylic acids is 1. The first-order valence-electron chi connectivity index (χ1n) is 10.4. The van der Waals surface area contributed by atoms with Crippen LogP contribution in [0.25, 0.3) is 11.2 Å². The molecule has 0 bridgehead atoms. The van der Waals surface area contributed by atoms with Gasteiger partial charge in [0.25, 0.3) is 6.01 Å². The minimum Gasteiger partial charge on any atom is -0.480 e. The molecule has 0 radical (unpaired) electrons. The number of benzene rings is 1. The van der Waals surface area contributed by atoms with Crippen molar-refractivity contribution in [3.05, 3.63) is 46.5 Å². The molecule has 2 aromatic heterocycles. The number of hydrogen-bond donors (Lipinski definition) is 3. The number of aliphatic carboxylic acids is 1. The quantitative estimate of drug-likeness (QED) is 0.431. The minimum absolute atomic E-state index is 0.135. The summed E-state index contributed by atoms with van der Waals surface area (Å²) >= 11 is 6.27. The highest BCUT2D eigenvalue weighted by Crippen LogP contribution is 2.32. The molecule has 0 aliphatic carbocycles. The highest BCUT2D eigenvalue weighted by Gasteiger charge is 2.50. The zero-order valence-electron chi connectivity index (χ0n) is 17.5. The lowest BCUT2D eigenvalue weighted by Gasteiger charge is -2.16. The standard InChI is InChI=1S/C21H19ClF2N4O6/c22-10-4-13-20(27-19(10)25-5-9-11(23)2-1-3-12(9)24)28-21(26-13)34-15-7-33-17-14(6-32-18(15)17)31-8-16(29)30/h1-4,14-15,17-18H,5-8H2,(H,29,30)(H2,25,26,27,28)/t14-,15-,17-,18-/m1/s1. The first-order chi connectivity index (χ1) is 16.4. The van der Waals surface area contributed by atoms with E-state index in [0.717, 1.165) is 0 Å². The highest BCUT2D eigenvalue weighted by atomic mass is 35.5. The molecule has 2 aliphatic rings. The molecule has 3 aromatic rings. The van der Waals surface area contributed by atoms with Crippen LogP contribution < -0.4 is 10.1 Å². The molecule has 1 aromatic carbocycles. The highest BCUT2D eigenvalue weighted by molar-refractivity contribution is 6.33. The van der Waals surface area contributed by atoms with Crippen LogP contribution in [0.2, 0.25) is 5.02 Å². The van der Waals surface area contributed by atoms with E-state index in [9.17, 15) is 13.6 Å². The number of nitrogens with zero attached hydrogens (tertiary/aromatic N) is 2. The molecule has 5 rings (SSSR count). The predicted molar refractivity (Wildman–Crippen MR) is 114 cm³/mol. The van der Waals surface area contributed by atoms with E-state index in [-0.39, 0.29) is 47.8 Å². The van der Waals surface area contributed by atoms with Crippen molar-refractivity contribution in [2.75, 3.05) is 25.1 Å². The first kappa shape index (κ1) is 22.7. The largest absolute Gasteiger partial charge is 0.480 e. The van der Waals surface area contributed by atoms with Gasteiger partial charge in [0.05, 0.1) is 23.8 Å². The van der Waals surface area contributed by atoms with Crippen LogP contribution in [0, 0.1) is 11.6 Å². The number of halogens is 3. The number of nitrogens with one attached hydrogen (secondary N) is 2. The fourth-order valence-electron chi connectivity index (χ4n) is 3.94. The number of hydrogen-bond acceptors (Lipinski definition) is 8. The normalized spacial score (nSPS) is 23.9. The molecule has 0 amide bonds. The van der Waals surface area contributed by atoms with Gasteiger partial charge in [-0.05, 0) is 18.2 Å². The van der Waals surface area contributed by atoms with E-state index in [1.807, 2.05) is 0 Å². The molecule has 4 atom stereocenters. The summed E-state index contributed by atoms with van der Waals surface area (Å²) in [5.41, 5.74) is 0.638. The Hall–Kier alpha value is -3.06. The molecule has 34 heavy (non-hydrogen) atoms. The second kappa shape index (κ2) is 9.29. The van der Waals surface area contributed by atoms with Gasteiger partial charge in [0.1, 0.15) is 42.4 Å². The average Bonchev–Trinajstić information content (AvgIpc) is 3.48. The third kappa shape index (κ3) is 4.49. The van der Waals surface area contributed by atoms with E-state index >= 15 is 0 Å². The molecule has 3 N–H and O–H groups in total. The van der Waals surface area contributed by atoms with E-state index in [2.05, 4.69) is 20.3 Å². The number of anilines is 1. The maximum Gasteiger partial charge on any atom is 0.329 e. The van der Waals surface area contributed by atoms with Gasteiger partial charge < -0.3 is 34.4 Å². The van der Waals surface area contributed by atoms with E-state index in [0.29, 0.717) is 5.52 Å². The number of aromatic nitrogens is 3. The van der Waals surface area contributed by atoms with E-state index in [1.54, 1.807) is 6.07 Å². The second-order valence-corrected chi connectivity index (χ2v) is 8.19. The van der Waals surface area contributed by atoms with Crippen LogP contribution >= 0.6 is 11.6 Å². The molecule has 180 valence electrons. The summed E-state index contributed by atoms with van der Waals surface area (Å²) in [6.07, 6.45) is -1.90. The molecule has 0 saturated carbocycles. The lowest BCUT2D eigenvalue weighted by atomic mass is 10.1. The number of rotatable bonds is 8. The van der Waals surface area contributed by atoms with Crippen molar-refractivity contribution in [1.82, 2.24) is 15.0 Å². The van der Waals surface area contributed by atoms with Gasteiger partial charge in [0, 0.05) is 12.1 Å². The molecule has 2 aliphatic heterocycles. The van der Waals surface area contributed by atoms with Crippen LogP contribution in [0.1, 0.15) is 5.56 Å². The van der Waals surface area contributed by atoms with Crippen LogP contribution in [0.15, 0.2) is 24.3 Å². The van der Waals surface area contributed by atoms with Gasteiger partial charge in [-0.25, -0.2) is 18.6 Å². The van der Waals surface area contributed by atoms with Crippen molar-refractivity contribution in [3.8, 4) is 6.01 Å². The SMILES string of the molecule is O=C(O)CO[C@@H]1CO[C@H]2[C@@H]1OC[C@H]2Oc1nc2nc(NCc3c(F)cccc3F)c(Cl)cc2[nH]1. The monoisotopic (exact) mass is 496 g/mol. The van der Waals surface area contributed by atoms with Gasteiger partial charge >= 0.3 is 5.97 Å². The van der Waals surface area contributed by atoms with E-state index in [4.69, 9.17) is 35.7 Å². The zero-order chi connectivity index (χ0) is 23.8. The fourth-order valence-corrected chi connectivity index (χ4v) is 4.16. The van der Waals surface area contributed by atoms with Gasteiger partial charge in [-0.3, -0.25) is 0 Å². The van der Waals surface area contributed by atoms with Gasteiger partial charge in [-0.15, -0.1) is 0 Å². The van der Waals surface area contributed by atoms with Crippen molar-refractivity contribution >= 4 is 34.6 Å². The van der Waals surface area contributed by atoms with E-state index < -0.39 is 48.6 Å². The van der Waals surface area contributed by atoms with Crippen LogP contribution in [-0.4, -0.2) is 70.3 Å². The summed E-state index contributed by atoms with van der Waals surface area (Å²) in [7, 11) is 0.